The zero-order chi connectivity index (χ0) is 14.9. The zero-order valence-electron chi connectivity index (χ0n) is 11.6. The number of halogens is 1. The summed E-state index contributed by atoms with van der Waals surface area (Å²) in [6, 6.07) is 5.27. The Bertz CT molecular complexity index is 558. The van der Waals surface area contributed by atoms with Crippen LogP contribution < -0.4 is 5.32 Å². The number of carboxylic acid groups (broad SMARTS) is 1. The molecule has 1 aromatic carbocycles. The van der Waals surface area contributed by atoms with Gasteiger partial charge in [-0.05, 0) is 60.9 Å². The summed E-state index contributed by atoms with van der Waals surface area (Å²) in [4.78, 5) is 23.8. The maximum Gasteiger partial charge on any atom is 0.311 e. The fourth-order valence-corrected chi connectivity index (χ4v) is 3.32. The summed E-state index contributed by atoms with van der Waals surface area (Å²) >= 11 is 2.15. The van der Waals surface area contributed by atoms with E-state index in [0.717, 1.165) is 22.0 Å². The van der Waals surface area contributed by atoms with Gasteiger partial charge in [0.2, 0.25) is 0 Å². The van der Waals surface area contributed by atoms with Crippen LogP contribution in [-0.2, 0) is 4.79 Å². The lowest BCUT2D eigenvalue weighted by Crippen LogP contribution is -2.47. The largest absolute Gasteiger partial charge is 0.481 e. The average Bonchev–Trinajstić information content (AvgIpc) is 2.75. The van der Waals surface area contributed by atoms with Crippen molar-refractivity contribution in [3.05, 3.63) is 32.9 Å². The fourth-order valence-electron chi connectivity index (χ4n) is 2.71. The van der Waals surface area contributed by atoms with Crippen LogP contribution in [0.1, 0.15) is 42.1 Å². The van der Waals surface area contributed by atoms with E-state index in [9.17, 15) is 14.7 Å². The number of carboxylic acids is 1. The number of carbonyl (C=O) groups excluding carboxylic acids is 1. The lowest BCUT2D eigenvalue weighted by atomic mass is 9.85. The van der Waals surface area contributed by atoms with Crippen molar-refractivity contribution in [3.63, 3.8) is 0 Å². The van der Waals surface area contributed by atoms with Gasteiger partial charge in [0, 0.05) is 9.61 Å². The lowest BCUT2D eigenvalue weighted by molar-refractivity contribution is -0.148. The second kappa shape index (κ2) is 5.71. The van der Waals surface area contributed by atoms with E-state index in [1.165, 1.54) is 0 Å². The van der Waals surface area contributed by atoms with Crippen LogP contribution in [-0.4, -0.2) is 23.0 Å². The number of aliphatic carboxylic acids is 1. The van der Waals surface area contributed by atoms with Crippen molar-refractivity contribution in [2.75, 3.05) is 0 Å². The van der Waals surface area contributed by atoms with E-state index >= 15 is 0 Å². The molecule has 1 aliphatic carbocycles. The molecule has 1 aliphatic rings. The van der Waals surface area contributed by atoms with Crippen LogP contribution in [0.15, 0.2) is 18.2 Å². The Morgan fingerprint density at radius 1 is 1.45 bits per heavy atom. The predicted molar refractivity (Wildman–Crippen MR) is 84.7 cm³/mol. The summed E-state index contributed by atoms with van der Waals surface area (Å²) < 4.78 is 0.914. The molecule has 2 unspecified atom stereocenters. The van der Waals surface area contributed by atoms with E-state index in [4.69, 9.17) is 0 Å². The topological polar surface area (TPSA) is 66.4 Å². The Hall–Kier alpha value is -1.11. The summed E-state index contributed by atoms with van der Waals surface area (Å²) in [7, 11) is 0. The molecular weight excluding hydrogens is 369 g/mol. The SMILES string of the molecule is Cc1cccc(C(=O)NC2CCCC2(C)C(=O)O)c1I. The lowest BCUT2D eigenvalue weighted by Gasteiger charge is -2.27. The van der Waals surface area contributed by atoms with Crippen molar-refractivity contribution in [1.29, 1.82) is 0 Å². The minimum Gasteiger partial charge on any atom is -0.481 e. The number of rotatable bonds is 3. The van der Waals surface area contributed by atoms with E-state index < -0.39 is 11.4 Å². The smallest absolute Gasteiger partial charge is 0.311 e. The van der Waals surface area contributed by atoms with Crippen LogP contribution in [0.3, 0.4) is 0 Å². The van der Waals surface area contributed by atoms with E-state index in [1.54, 1.807) is 13.0 Å². The maximum atomic E-state index is 12.4. The Balaban J connectivity index is 2.20. The van der Waals surface area contributed by atoms with Gasteiger partial charge in [0.1, 0.15) is 0 Å². The third-order valence-electron chi connectivity index (χ3n) is 4.19. The Morgan fingerprint density at radius 3 is 2.80 bits per heavy atom. The molecule has 0 aliphatic heterocycles. The predicted octanol–water partition coefficient (Wildman–Crippen LogP) is 2.97. The van der Waals surface area contributed by atoms with Crippen LogP contribution in [0.4, 0.5) is 0 Å². The molecule has 2 N–H and O–H groups in total. The zero-order valence-corrected chi connectivity index (χ0v) is 13.7. The molecule has 0 spiro atoms. The number of nitrogens with one attached hydrogen (secondary N) is 1. The third kappa shape index (κ3) is 2.68. The first-order valence-corrected chi connectivity index (χ1v) is 7.73. The fraction of sp³-hybridized carbons (Fsp3) is 0.467. The normalized spacial score (nSPS) is 25.4. The van der Waals surface area contributed by atoms with Crippen LogP contribution in [0.25, 0.3) is 0 Å². The number of hydrogen-bond donors (Lipinski definition) is 2. The Morgan fingerprint density at radius 2 is 2.15 bits per heavy atom. The van der Waals surface area contributed by atoms with Gasteiger partial charge in [-0.3, -0.25) is 9.59 Å². The molecule has 2 rings (SSSR count). The van der Waals surface area contributed by atoms with Crippen molar-refractivity contribution in [2.45, 2.75) is 39.2 Å². The van der Waals surface area contributed by atoms with Gasteiger partial charge >= 0.3 is 5.97 Å². The molecule has 0 radical (unpaired) electrons. The number of benzene rings is 1. The highest BCUT2D eigenvalue weighted by atomic mass is 127. The molecular formula is C15H18INO3. The summed E-state index contributed by atoms with van der Waals surface area (Å²) in [6.45, 7) is 3.67. The second-order valence-corrected chi connectivity index (χ2v) is 6.66. The Kier molecular flexibility index (Phi) is 4.36. The standard InChI is InChI=1S/C15H18INO3/c1-9-5-3-6-10(12(9)16)13(18)17-11-7-4-8-15(11,2)14(19)20/h3,5-6,11H,4,7-8H2,1-2H3,(H,17,18)(H,19,20). The van der Waals surface area contributed by atoms with Crippen LogP contribution >= 0.6 is 22.6 Å². The van der Waals surface area contributed by atoms with E-state index in [2.05, 4.69) is 27.9 Å². The van der Waals surface area contributed by atoms with E-state index in [-0.39, 0.29) is 11.9 Å². The van der Waals surface area contributed by atoms with Gasteiger partial charge in [0.05, 0.1) is 11.0 Å². The van der Waals surface area contributed by atoms with Crippen LogP contribution in [0.5, 0.6) is 0 Å². The summed E-state index contributed by atoms with van der Waals surface area (Å²) in [6.07, 6.45) is 2.16. The highest BCUT2D eigenvalue weighted by molar-refractivity contribution is 14.1. The minimum absolute atomic E-state index is 0.183. The van der Waals surface area contributed by atoms with Gasteiger partial charge in [-0.2, -0.15) is 0 Å². The molecule has 1 amide bonds. The average molecular weight is 387 g/mol. The van der Waals surface area contributed by atoms with Crippen LogP contribution in [0, 0.1) is 15.9 Å². The van der Waals surface area contributed by atoms with Gasteiger partial charge in [-0.25, -0.2) is 0 Å². The molecule has 0 heterocycles. The highest BCUT2D eigenvalue weighted by Gasteiger charge is 2.46. The molecule has 0 aromatic heterocycles. The molecule has 0 saturated heterocycles. The van der Waals surface area contributed by atoms with E-state index in [0.29, 0.717) is 12.0 Å². The third-order valence-corrected chi connectivity index (χ3v) is 5.62. The molecule has 20 heavy (non-hydrogen) atoms. The van der Waals surface area contributed by atoms with Gasteiger partial charge in [0.15, 0.2) is 0 Å². The maximum absolute atomic E-state index is 12.4. The van der Waals surface area contributed by atoms with Gasteiger partial charge in [-0.1, -0.05) is 18.6 Å². The molecule has 5 heteroatoms. The first-order valence-electron chi connectivity index (χ1n) is 6.65. The first kappa shape index (κ1) is 15.3. The van der Waals surface area contributed by atoms with Gasteiger partial charge < -0.3 is 10.4 Å². The molecule has 1 fully saturated rings. The monoisotopic (exact) mass is 387 g/mol. The number of carbonyl (C=O) groups is 2. The number of aryl methyl sites for hydroxylation is 1. The molecule has 1 aromatic rings. The summed E-state index contributed by atoms with van der Waals surface area (Å²) in [5.74, 6) is -1.02. The highest BCUT2D eigenvalue weighted by Crippen LogP contribution is 2.38. The van der Waals surface area contributed by atoms with Crippen LogP contribution in [0.2, 0.25) is 0 Å². The van der Waals surface area contributed by atoms with Crippen molar-refractivity contribution in [3.8, 4) is 0 Å². The molecule has 0 bridgehead atoms. The quantitative estimate of drug-likeness (QED) is 0.784. The first-order chi connectivity index (χ1) is 9.36. The molecule has 108 valence electrons. The van der Waals surface area contributed by atoms with Crippen molar-refractivity contribution < 1.29 is 14.7 Å². The molecule has 1 saturated carbocycles. The van der Waals surface area contributed by atoms with Gasteiger partial charge in [-0.15, -0.1) is 0 Å². The van der Waals surface area contributed by atoms with Gasteiger partial charge in [0.25, 0.3) is 5.91 Å². The van der Waals surface area contributed by atoms with E-state index in [1.807, 2.05) is 19.1 Å². The van der Waals surface area contributed by atoms with Crippen molar-refractivity contribution in [2.24, 2.45) is 5.41 Å². The molecule has 2 atom stereocenters. The molecule has 4 nitrogen and oxygen atoms in total. The van der Waals surface area contributed by atoms with Crippen molar-refractivity contribution >= 4 is 34.5 Å². The Labute approximate surface area is 132 Å². The van der Waals surface area contributed by atoms with Crippen molar-refractivity contribution in [1.82, 2.24) is 5.32 Å². The minimum atomic E-state index is -0.856. The summed E-state index contributed by atoms with van der Waals surface area (Å²) in [5, 5.41) is 12.3. The second-order valence-electron chi connectivity index (χ2n) is 5.58. The summed E-state index contributed by atoms with van der Waals surface area (Å²) in [5.41, 5.74) is 0.807. The number of hydrogen-bond acceptors (Lipinski definition) is 2. The number of amides is 1.